The van der Waals surface area contributed by atoms with E-state index in [1.165, 1.54) is 19.3 Å². The standard InChI is InChI=1S/C14H17N3OS/c18-14(6-11-2-1-3-12(7-14)19-11)10-4-5-13-16-15-9-17(13)8-10/h4-5,8-9,11-12,18H,1-3,6-7H2. The highest BCUT2D eigenvalue weighted by Gasteiger charge is 2.42. The predicted molar refractivity (Wildman–Crippen MR) is 75.1 cm³/mol. The maximum absolute atomic E-state index is 11.1. The third-order valence-corrected chi connectivity index (χ3v) is 5.97. The molecule has 4 heterocycles. The molecule has 2 unspecified atom stereocenters. The van der Waals surface area contributed by atoms with Crippen LogP contribution in [0, 0.1) is 0 Å². The smallest absolute Gasteiger partial charge is 0.160 e. The summed E-state index contributed by atoms with van der Waals surface area (Å²) in [6, 6.07) is 3.95. The van der Waals surface area contributed by atoms with E-state index in [1.807, 2.05) is 22.7 Å². The van der Waals surface area contributed by atoms with E-state index in [4.69, 9.17) is 0 Å². The van der Waals surface area contributed by atoms with Crippen LogP contribution in [0.1, 0.15) is 37.7 Å². The number of nitrogens with zero attached hydrogens (tertiary/aromatic N) is 3. The summed E-state index contributed by atoms with van der Waals surface area (Å²) in [4.78, 5) is 0. The summed E-state index contributed by atoms with van der Waals surface area (Å²) in [5, 5.41) is 20.2. The van der Waals surface area contributed by atoms with Gasteiger partial charge in [0.25, 0.3) is 0 Å². The van der Waals surface area contributed by atoms with E-state index in [9.17, 15) is 5.11 Å². The molecule has 2 aliphatic rings. The largest absolute Gasteiger partial charge is 0.385 e. The van der Waals surface area contributed by atoms with Gasteiger partial charge in [-0.3, -0.25) is 4.40 Å². The molecule has 2 aromatic rings. The molecule has 0 amide bonds. The lowest BCUT2D eigenvalue weighted by Gasteiger charge is -2.44. The van der Waals surface area contributed by atoms with Gasteiger partial charge in [-0.05, 0) is 31.7 Å². The second-order valence-electron chi connectivity index (χ2n) is 5.77. The molecule has 0 saturated carbocycles. The van der Waals surface area contributed by atoms with Crippen LogP contribution in [-0.2, 0) is 5.60 Å². The third-order valence-electron chi connectivity index (χ3n) is 4.40. The average Bonchev–Trinajstić information content (AvgIpc) is 2.85. The first-order valence-electron chi connectivity index (χ1n) is 6.91. The van der Waals surface area contributed by atoms with Crippen LogP contribution >= 0.6 is 11.8 Å². The van der Waals surface area contributed by atoms with Crippen LogP contribution in [0.3, 0.4) is 0 Å². The van der Waals surface area contributed by atoms with Crippen LogP contribution in [0.4, 0.5) is 0 Å². The highest BCUT2D eigenvalue weighted by atomic mass is 32.2. The Balaban J connectivity index is 1.72. The van der Waals surface area contributed by atoms with Crippen molar-refractivity contribution in [1.29, 1.82) is 0 Å². The van der Waals surface area contributed by atoms with Crippen molar-refractivity contribution in [3.8, 4) is 0 Å². The van der Waals surface area contributed by atoms with Crippen molar-refractivity contribution >= 4 is 17.4 Å². The van der Waals surface area contributed by atoms with Gasteiger partial charge >= 0.3 is 0 Å². The Bertz CT molecular complexity index is 600. The first-order chi connectivity index (χ1) is 9.23. The summed E-state index contributed by atoms with van der Waals surface area (Å²) in [6.45, 7) is 0. The number of hydrogen-bond acceptors (Lipinski definition) is 4. The van der Waals surface area contributed by atoms with E-state index in [1.54, 1.807) is 6.33 Å². The van der Waals surface area contributed by atoms with Crippen LogP contribution in [0.25, 0.3) is 5.65 Å². The van der Waals surface area contributed by atoms with Crippen LogP contribution < -0.4 is 0 Å². The summed E-state index contributed by atoms with van der Waals surface area (Å²) in [5.74, 6) is 0. The lowest BCUT2D eigenvalue weighted by atomic mass is 9.81. The molecule has 4 nitrogen and oxygen atoms in total. The second-order valence-corrected chi connectivity index (χ2v) is 7.37. The lowest BCUT2D eigenvalue weighted by molar-refractivity contribution is 0.00777. The summed E-state index contributed by atoms with van der Waals surface area (Å²) >= 11 is 2.08. The Hall–Kier alpha value is -1.07. The molecule has 5 heteroatoms. The molecule has 0 aliphatic carbocycles. The summed E-state index contributed by atoms with van der Waals surface area (Å²) in [7, 11) is 0. The molecule has 0 aromatic carbocycles. The van der Waals surface area contributed by atoms with Gasteiger partial charge in [0.15, 0.2) is 5.65 Å². The van der Waals surface area contributed by atoms with Crippen molar-refractivity contribution in [2.75, 3.05) is 0 Å². The number of aliphatic hydroxyl groups is 1. The normalized spacial score (nSPS) is 34.6. The minimum Gasteiger partial charge on any atom is -0.385 e. The Morgan fingerprint density at radius 3 is 2.84 bits per heavy atom. The van der Waals surface area contributed by atoms with Crippen molar-refractivity contribution in [2.24, 2.45) is 0 Å². The van der Waals surface area contributed by atoms with Gasteiger partial charge in [0.05, 0.1) is 5.60 Å². The molecular weight excluding hydrogens is 258 g/mol. The zero-order valence-corrected chi connectivity index (χ0v) is 11.5. The molecule has 2 bridgehead atoms. The van der Waals surface area contributed by atoms with Gasteiger partial charge in [0, 0.05) is 22.3 Å². The Morgan fingerprint density at radius 2 is 2.05 bits per heavy atom. The monoisotopic (exact) mass is 275 g/mol. The van der Waals surface area contributed by atoms with E-state index in [0.29, 0.717) is 10.5 Å². The molecule has 4 rings (SSSR count). The second kappa shape index (κ2) is 4.21. The van der Waals surface area contributed by atoms with Crippen molar-refractivity contribution in [3.63, 3.8) is 0 Å². The third kappa shape index (κ3) is 1.96. The zero-order valence-electron chi connectivity index (χ0n) is 10.7. The SMILES string of the molecule is OC1(c2ccc3nncn3c2)CC2CCCC(C1)S2. The van der Waals surface area contributed by atoms with Gasteiger partial charge in [-0.1, -0.05) is 12.5 Å². The molecule has 1 N–H and O–H groups in total. The minimum atomic E-state index is -0.667. The Kier molecular flexibility index (Phi) is 2.60. The summed E-state index contributed by atoms with van der Waals surface area (Å²) < 4.78 is 1.89. The van der Waals surface area contributed by atoms with Crippen LogP contribution in [0.5, 0.6) is 0 Å². The van der Waals surface area contributed by atoms with Crippen LogP contribution in [-0.4, -0.2) is 30.2 Å². The molecule has 0 spiro atoms. The van der Waals surface area contributed by atoms with Crippen molar-refractivity contribution < 1.29 is 5.11 Å². The van der Waals surface area contributed by atoms with Gasteiger partial charge in [-0.15, -0.1) is 10.2 Å². The number of thioether (sulfide) groups is 1. The fourth-order valence-corrected chi connectivity index (χ4v) is 5.35. The van der Waals surface area contributed by atoms with Crippen LogP contribution in [0.15, 0.2) is 24.7 Å². The van der Waals surface area contributed by atoms with Gasteiger partial charge < -0.3 is 5.11 Å². The highest BCUT2D eigenvalue weighted by Crippen LogP contribution is 2.49. The maximum atomic E-state index is 11.1. The quantitative estimate of drug-likeness (QED) is 0.868. The number of pyridine rings is 1. The average molecular weight is 275 g/mol. The molecule has 19 heavy (non-hydrogen) atoms. The Morgan fingerprint density at radius 1 is 1.26 bits per heavy atom. The topological polar surface area (TPSA) is 50.4 Å². The Labute approximate surface area is 116 Å². The van der Waals surface area contributed by atoms with E-state index in [2.05, 4.69) is 22.0 Å². The predicted octanol–water partition coefficient (Wildman–Crippen LogP) is 2.37. The summed E-state index contributed by atoms with van der Waals surface area (Å²) in [5.41, 5.74) is 1.18. The molecule has 0 radical (unpaired) electrons. The number of fused-ring (bicyclic) bond motifs is 3. The molecule has 2 aliphatic heterocycles. The molecule has 2 aromatic heterocycles. The summed E-state index contributed by atoms with van der Waals surface area (Å²) in [6.07, 6.45) is 9.25. The minimum absolute atomic E-state index is 0.620. The lowest BCUT2D eigenvalue weighted by Crippen LogP contribution is -2.40. The molecule has 2 atom stereocenters. The van der Waals surface area contributed by atoms with Crippen LogP contribution in [0.2, 0.25) is 0 Å². The first-order valence-corrected chi connectivity index (χ1v) is 7.85. The molecular formula is C14H17N3OS. The van der Waals surface area contributed by atoms with E-state index < -0.39 is 5.60 Å². The van der Waals surface area contributed by atoms with Gasteiger partial charge in [0.1, 0.15) is 6.33 Å². The molecule has 2 fully saturated rings. The first kappa shape index (κ1) is 11.7. The van der Waals surface area contributed by atoms with Crippen molar-refractivity contribution in [2.45, 2.75) is 48.2 Å². The fraction of sp³-hybridized carbons (Fsp3) is 0.571. The molecule has 100 valence electrons. The van der Waals surface area contributed by atoms with Gasteiger partial charge in [-0.2, -0.15) is 11.8 Å². The zero-order chi connectivity index (χ0) is 12.9. The van der Waals surface area contributed by atoms with Gasteiger partial charge in [-0.25, -0.2) is 0 Å². The van der Waals surface area contributed by atoms with Gasteiger partial charge in [0.2, 0.25) is 0 Å². The number of hydrogen-bond donors (Lipinski definition) is 1. The highest BCUT2D eigenvalue weighted by molar-refractivity contribution is 8.00. The molecule has 2 saturated heterocycles. The van der Waals surface area contributed by atoms with Crippen molar-refractivity contribution in [3.05, 3.63) is 30.2 Å². The number of aromatic nitrogens is 3. The number of rotatable bonds is 1. The maximum Gasteiger partial charge on any atom is 0.160 e. The van der Waals surface area contributed by atoms with E-state index >= 15 is 0 Å². The van der Waals surface area contributed by atoms with E-state index in [0.717, 1.165) is 24.1 Å². The van der Waals surface area contributed by atoms with Crippen molar-refractivity contribution in [1.82, 2.24) is 14.6 Å². The fourth-order valence-electron chi connectivity index (χ4n) is 3.46. The van der Waals surface area contributed by atoms with E-state index in [-0.39, 0.29) is 0 Å².